The number of alkyl halides is 3. The number of nitrogens with one attached hydrogen (secondary N) is 2. The summed E-state index contributed by atoms with van der Waals surface area (Å²) >= 11 is 0. The van der Waals surface area contributed by atoms with Crippen LogP contribution in [-0.2, 0) is 0 Å². The molecular weight excluding hydrogens is 379 g/mol. The normalized spacial score (nSPS) is 12.4. The number of benzene rings is 1. The first-order valence-corrected chi connectivity index (χ1v) is 8.13. The van der Waals surface area contributed by atoms with Crippen LogP contribution in [0.2, 0.25) is 0 Å². The van der Waals surface area contributed by atoms with E-state index >= 15 is 0 Å². The molecule has 1 aromatic carbocycles. The molecule has 0 saturated heterocycles. The summed E-state index contributed by atoms with van der Waals surface area (Å²) in [7, 11) is 0. The lowest BCUT2D eigenvalue weighted by atomic mass is 9.94. The summed E-state index contributed by atoms with van der Waals surface area (Å²) in [5.41, 5.74) is 5.57. The molecule has 0 bridgehead atoms. The summed E-state index contributed by atoms with van der Waals surface area (Å²) in [6.07, 6.45) is -3.09. The largest absolute Gasteiger partial charge is 0.402 e. The molecule has 2 N–H and O–H groups in total. The average Bonchev–Trinajstić information content (AvgIpc) is 2.64. The molecule has 0 aliphatic carbocycles. The zero-order chi connectivity index (χ0) is 21.1. The minimum absolute atomic E-state index is 0.0544. The number of allylic oxidation sites excluding steroid dienone is 2. The van der Waals surface area contributed by atoms with Gasteiger partial charge in [0.05, 0.1) is 23.2 Å². The molecule has 0 radical (unpaired) electrons. The van der Waals surface area contributed by atoms with Crippen molar-refractivity contribution in [1.29, 1.82) is 5.26 Å². The lowest BCUT2D eigenvalue weighted by Crippen LogP contribution is -2.32. The van der Waals surface area contributed by atoms with Crippen molar-refractivity contribution < 1.29 is 22.0 Å². The minimum Gasteiger partial charge on any atom is -0.320 e. The number of aromatic nitrogens is 1. The number of nitriles is 1. The monoisotopic (exact) mass is 396 g/mol. The molecule has 0 spiro atoms. The molecule has 2 aromatic rings. The van der Waals surface area contributed by atoms with Gasteiger partial charge in [0.25, 0.3) is 0 Å². The smallest absolute Gasteiger partial charge is 0.320 e. The standard InChI is InChI=1S/C19H17F5N4/c1-10(15(7-25)14-6-16(20)12(3)18(21)11(14)2)17-5-4-13(8-26-17)28-27-9-19(22,23)24/h4-6,8,27-28H,9H2,1-3H3/b15-10+. The van der Waals surface area contributed by atoms with E-state index < -0.39 is 24.4 Å². The van der Waals surface area contributed by atoms with Crippen LogP contribution in [0.5, 0.6) is 0 Å². The molecule has 0 fully saturated rings. The van der Waals surface area contributed by atoms with Crippen LogP contribution in [0, 0.1) is 36.8 Å². The highest BCUT2D eigenvalue weighted by Crippen LogP contribution is 2.30. The molecule has 0 unspecified atom stereocenters. The summed E-state index contributed by atoms with van der Waals surface area (Å²) in [4.78, 5) is 4.10. The molecule has 0 amide bonds. The van der Waals surface area contributed by atoms with E-state index in [1.165, 1.54) is 32.2 Å². The van der Waals surface area contributed by atoms with Crippen LogP contribution in [0.25, 0.3) is 11.1 Å². The van der Waals surface area contributed by atoms with Gasteiger partial charge in [-0.25, -0.2) is 14.2 Å². The molecule has 0 saturated carbocycles. The van der Waals surface area contributed by atoms with Crippen molar-refractivity contribution in [2.45, 2.75) is 26.9 Å². The Morgan fingerprint density at radius 1 is 1.18 bits per heavy atom. The molecule has 1 heterocycles. The van der Waals surface area contributed by atoms with Crippen LogP contribution >= 0.6 is 0 Å². The zero-order valence-electron chi connectivity index (χ0n) is 15.3. The Labute approximate surface area is 158 Å². The highest BCUT2D eigenvalue weighted by molar-refractivity contribution is 5.96. The zero-order valence-corrected chi connectivity index (χ0v) is 15.3. The first-order valence-electron chi connectivity index (χ1n) is 8.13. The summed E-state index contributed by atoms with van der Waals surface area (Å²) < 4.78 is 64.5. The van der Waals surface area contributed by atoms with E-state index in [9.17, 15) is 27.2 Å². The number of pyridine rings is 1. The van der Waals surface area contributed by atoms with Crippen LogP contribution in [0.3, 0.4) is 0 Å². The van der Waals surface area contributed by atoms with Crippen molar-refractivity contribution >= 4 is 16.8 Å². The molecular formula is C19H17F5N4. The van der Waals surface area contributed by atoms with Gasteiger partial charge in [-0.05, 0) is 50.1 Å². The fourth-order valence-corrected chi connectivity index (χ4v) is 2.52. The molecule has 148 valence electrons. The number of nitrogens with zero attached hydrogens (tertiary/aromatic N) is 2. The number of hydrazine groups is 1. The Kier molecular flexibility index (Phi) is 6.36. The fourth-order valence-electron chi connectivity index (χ4n) is 2.52. The molecule has 28 heavy (non-hydrogen) atoms. The van der Waals surface area contributed by atoms with Crippen molar-refractivity contribution in [2.24, 2.45) is 0 Å². The molecule has 0 atom stereocenters. The number of hydrogen-bond acceptors (Lipinski definition) is 4. The maximum Gasteiger partial charge on any atom is 0.402 e. The molecule has 1 aromatic heterocycles. The minimum atomic E-state index is -4.36. The summed E-state index contributed by atoms with van der Waals surface area (Å²) in [5, 5.41) is 9.52. The Morgan fingerprint density at radius 3 is 2.39 bits per heavy atom. The van der Waals surface area contributed by atoms with Gasteiger partial charge in [-0.3, -0.25) is 4.98 Å². The van der Waals surface area contributed by atoms with E-state index in [1.54, 1.807) is 6.92 Å². The summed E-state index contributed by atoms with van der Waals surface area (Å²) in [6, 6.07) is 6.01. The van der Waals surface area contributed by atoms with Crippen LogP contribution < -0.4 is 10.9 Å². The van der Waals surface area contributed by atoms with E-state index in [4.69, 9.17) is 0 Å². The van der Waals surface area contributed by atoms with Crippen LogP contribution in [0.4, 0.5) is 27.6 Å². The molecule has 9 heteroatoms. The lowest BCUT2D eigenvalue weighted by molar-refractivity contribution is -0.123. The van der Waals surface area contributed by atoms with Crippen molar-refractivity contribution in [3.8, 4) is 6.07 Å². The maximum absolute atomic E-state index is 14.2. The molecule has 0 aliphatic heterocycles. The third kappa shape index (κ3) is 4.84. The van der Waals surface area contributed by atoms with E-state index in [0.717, 1.165) is 6.07 Å². The lowest BCUT2D eigenvalue weighted by Gasteiger charge is -2.13. The summed E-state index contributed by atoms with van der Waals surface area (Å²) in [6.45, 7) is 3.11. The van der Waals surface area contributed by atoms with Crippen LogP contribution in [0.15, 0.2) is 24.4 Å². The first kappa shape index (κ1) is 21.3. The third-order valence-electron chi connectivity index (χ3n) is 4.12. The average molecular weight is 396 g/mol. The second-order valence-electron chi connectivity index (χ2n) is 6.11. The Bertz CT molecular complexity index is 941. The highest BCUT2D eigenvalue weighted by atomic mass is 19.4. The highest BCUT2D eigenvalue weighted by Gasteiger charge is 2.26. The number of anilines is 1. The van der Waals surface area contributed by atoms with Crippen molar-refractivity contribution in [1.82, 2.24) is 10.4 Å². The molecule has 2 rings (SSSR count). The van der Waals surface area contributed by atoms with Gasteiger partial charge >= 0.3 is 6.18 Å². The number of halogens is 5. The molecule has 4 nitrogen and oxygen atoms in total. The Balaban J connectivity index is 2.33. The van der Waals surface area contributed by atoms with E-state index in [1.807, 2.05) is 11.5 Å². The second kappa shape index (κ2) is 8.35. The number of hydrogen-bond donors (Lipinski definition) is 2. The van der Waals surface area contributed by atoms with E-state index in [-0.39, 0.29) is 28.0 Å². The van der Waals surface area contributed by atoms with Gasteiger partial charge in [0, 0.05) is 11.1 Å². The van der Waals surface area contributed by atoms with Gasteiger partial charge < -0.3 is 5.43 Å². The predicted molar refractivity (Wildman–Crippen MR) is 95.9 cm³/mol. The van der Waals surface area contributed by atoms with Gasteiger partial charge in [-0.2, -0.15) is 18.4 Å². The second-order valence-corrected chi connectivity index (χ2v) is 6.11. The van der Waals surface area contributed by atoms with Crippen LogP contribution in [0.1, 0.15) is 29.3 Å². The van der Waals surface area contributed by atoms with Crippen molar-refractivity contribution in [3.63, 3.8) is 0 Å². The van der Waals surface area contributed by atoms with Gasteiger partial charge in [-0.15, -0.1) is 0 Å². The van der Waals surface area contributed by atoms with Crippen LogP contribution in [-0.4, -0.2) is 17.7 Å². The number of rotatable bonds is 5. The Hall–Kier alpha value is -2.99. The van der Waals surface area contributed by atoms with Gasteiger partial charge in [0.1, 0.15) is 24.2 Å². The maximum atomic E-state index is 14.2. The SMILES string of the molecule is C/C(=C(/C#N)c1cc(F)c(C)c(F)c1C)c1ccc(NNCC(F)(F)F)cn1. The molecule has 0 aliphatic rings. The van der Waals surface area contributed by atoms with Gasteiger partial charge in [-0.1, -0.05) is 0 Å². The van der Waals surface area contributed by atoms with E-state index in [0.29, 0.717) is 11.3 Å². The van der Waals surface area contributed by atoms with Crippen molar-refractivity contribution in [3.05, 3.63) is 58.4 Å². The van der Waals surface area contributed by atoms with Gasteiger partial charge in [0.2, 0.25) is 0 Å². The Morgan fingerprint density at radius 2 is 1.86 bits per heavy atom. The summed E-state index contributed by atoms with van der Waals surface area (Å²) in [5.74, 6) is -1.49. The predicted octanol–water partition coefficient (Wildman–Crippen LogP) is 4.91. The fraction of sp³-hybridized carbons (Fsp3) is 0.263. The third-order valence-corrected chi connectivity index (χ3v) is 4.12. The topological polar surface area (TPSA) is 60.7 Å². The van der Waals surface area contributed by atoms with Crippen molar-refractivity contribution in [2.75, 3.05) is 12.0 Å². The first-order chi connectivity index (χ1) is 13.0. The van der Waals surface area contributed by atoms with Gasteiger partial charge in [0.15, 0.2) is 0 Å². The quantitative estimate of drug-likeness (QED) is 0.428. The van der Waals surface area contributed by atoms with E-state index in [2.05, 4.69) is 10.4 Å².